The number of benzene rings is 1. The lowest BCUT2D eigenvalue weighted by atomic mass is 9.92. The first-order valence-corrected chi connectivity index (χ1v) is 4.92. The predicted octanol–water partition coefficient (Wildman–Crippen LogP) is 1.33. The molecule has 0 saturated carbocycles. The highest BCUT2D eigenvalue weighted by Crippen LogP contribution is 2.23. The Labute approximate surface area is 93.8 Å². The average Bonchev–Trinajstić information content (AvgIpc) is 2.20. The number of nitrogens with one attached hydrogen (secondary N) is 1. The van der Waals surface area contributed by atoms with Crippen molar-refractivity contribution in [3.05, 3.63) is 24.0 Å². The first-order chi connectivity index (χ1) is 7.34. The zero-order valence-electron chi connectivity index (χ0n) is 9.38. The van der Waals surface area contributed by atoms with Gasteiger partial charge in [0.25, 0.3) is 0 Å². The summed E-state index contributed by atoms with van der Waals surface area (Å²) < 4.78 is 13.1. The molecule has 1 amide bonds. The van der Waals surface area contributed by atoms with E-state index >= 15 is 0 Å². The molecule has 0 heterocycles. The monoisotopic (exact) mass is 225 g/mol. The number of nitrogen functional groups attached to an aromatic ring is 1. The molecule has 1 rings (SSSR count). The Kier molecular flexibility index (Phi) is 3.37. The minimum atomic E-state index is -0.710. The normalized spacial score (nSPS) is 11.2. The Bertz CT molecular complexity index is 404. The van der Waals surface area contributed by atoms with Gasteiger partial charge in [0, 0.05) is 6.54 Å². The minimum absolute atomic E-state index is 0.0442. The summed E-state index contributed by atoms with van der Waals surface area (Å²) in [5.74, 6) is -0.906. The molecule has 0 aliphatic heterocycles. The lowest BCUT2D eigenvalue weighted by Gasteiger charge is -2.22. The molecular weight excluding hydrogens is 209 g/mol. The molecule has 0 aliphatic carbocycles. The molecule has 0 fully saturated rings. The van der Waals surface area contributed by atoms with Crippen molar-refractivity contribution in [3.63, 3.8) is 0 Å². The van der Waals surface area contributed by atoms with Gasteiger partial charge in [0.05, 0.1) is 16.8 Å². The third-order valence-corrected chi connectivity index (χ3v) is 2.44. The van der Waals surface area contributed by atoms with E-state index < -0.39 is 17.1 Å². The van der Waals surface area contributed by atoms with Gasteiger partial charge in [-0.2, -0.15) is 0 Å². The fraction of sp³-hybridized carbons (Fsp3) is 0.364. The zero-order valence-corrected chi connectivity index (χ0v) is 9.38. The van der Waals surface area contributed by atoms with Crippen LogP contribution in [0, 0.1) is 11.2 Å². The molecule has 0 bridgehead atoms. The molecule has 0 saturated heterocycles. The Morgan fingerprint density at radius 1 is 1.50 bits per heavy atom. The van der Waals surface area contributed by atoms with Crippen molar-refractivity contribution < 1.29 is 9.18 Å². The average molecular weight is 225 g/mol. The summed E-state index contributed by atoms with van der Waals surface area (Å²) in [5, 5.41) is 2.91. The fourth-order valence-electron chi connectivity index (χ4n) is 1.09. The first kappa shape index (κ1) is 12.3. The Morgan fingerprint density at radius 3 is 2.69 bits per heavy atom. The molecule has 88 valence electrons. The molecule has 5 heteroatoms. The van der Waals surface area contributed by atoms with E-state index in [4.69, 9.17) is 11.5 Å². The molecule has 0 radical (unpaired) electrons. The fourth-order valence-corrected chi connectivity index (χ4v) is 1.09. The highest BCUT2D eigenvalue weighted by Gasteiger charge is 2.24. The van der Waals surface area contributed by atoms with Gasteiger partial charge < -0.3 is 16.8 Å². The van der Waals surface area contributed by atoms with Crippen LogP contribution in [0.2, 0.25) is 0 Å². The SMILES string of the molecule is CC(C)(CNc1cccc(F)c1N)C(N)=O. The van der Waals surface area contributed by atoms with Gasteiger partial charge >= 0.3 is 0 Å². The third kappa shape index (κ3) is 2.62. The summed E-state index contributed by atoms with van der Waals surface area (Å²) in [5.41, 5.74) is 10.6. The standard InChI is InChI=1S/C11H16FN3O/c1-11(2,10(14)16)6-15-8-5-3-4-7(12)9(8)13/h3-5,15H,6,13H2,1-2H3,(H2,14,16). The summed E-state index contributed by atoms with van der Waals surface area (Å²) in [6.07, 6.45) is 0. The van der Waals surface area contributed by atoms with Crippen LogP contribution in [-0.2, 0) is 4.79 Å². The quantitative estimate of drug-likeness (QED) is 0.676. The van der Waals surface area contributed by atoms with Gasteiger partial charge in [-0.1, -0.05) is 6.07 Å². The summed E-state index contributed by atoms with van der Waals surface area (Å²) in [6.45, 7) is 3.71. The van der Waals surface area contributed by atoms with Crippen molar-refractivity contribution in [3.8, 4) is 0 Å². The van der Waals surface area contributed by atoms with Crippen molar-refractivity contribution in [1.29, 1.82) is 0 Å². The number of anilines is 2. The second-order valence-corrected chi connectivity index (χ2v) is 4.30. The number of para-hydroxylation sites is 1. The Morgan fingerprint density at radius 2 is 2.12 bits per heavy atom. The number of hydrogen-bond acceptors (Lipinski definition) is 3. The molecule has 1 aromatic carbocycles. The van der Waals surface area contributed by atoms with Crippen molar-refractivity contribution in [2.75, 3.05) is 17.6 Å². The van der Waals surface area contributed by atoms with Gasteiger partial charge in [0.15, 0.2) is 0 Å². The Balaban J connectivity index is 2.76. The number of carbonyl (C=O) groups excluding carboxylic acids is 1. The topological polar surface area (TPSA) is 81.1 Å². The molecule has 0 atom stereocenters. The van der Waals surface area contributed by atoms with Crippen LogP contribution in [-0.4, -0.2) is 12.5 Å². The molecule has 0 aromatic heterocycles. The van der Waals surface area contributed by atoms with Gasteiger partial charge in [-0.15, -0.1) is 0 Å². The van der Waals surface area contributed by atoms with E-state index in [9.17, 15) is 9.18 Å². The Hall–Kier alpha value is -1.78. The molecule has 0 aliphatic rings. The maximum absolute atomic E-state index is 13.1. The van der Waals surface area contributed by atoms with Crippen molar-refractivity contribution in [2.45, 2.75) is 13.8 Å². The second kappa shape index (κ2) is 4.38. The zero-order chi connectivity index (χ0) is 12.3. The lowest BCUT2D eigenvalue weighted by Crippen LogP contribution is -2.37. The molecule has 16 heavy (non-hydrogen) atoms. The summed E-state index contributed by atoms with van der Waals surface area (Å²) in [6, 6.07) is 4.47. The van der Waals surface area contributed by atoms with Crippen LogP contribution in [0.3, 0.4) is 0 Å². The molecule has 4 nitrogen and oxygen atoms in total. The van der Waals surface area contributed by atoms with Gasteiger partial charge in [-0.3, -0.25) is 4.79 Å². The number of hydrogen-bond donors (Lipinski definition) is 3. The third-order valence-electron chi connectivity index (χ3n) is 2.44. The number of amides is 1. The van der Waals surface area contributed by atoms with Crippen LogP contribution in [0.1, 0.15) is 13.8 Å². The maximum atomic E-state index is 13.1. The van der Waals surface area contributed by atoms with E-state index in [0.29, 0.717) is 12.2 Å². The van der Waals surface area contributed by atoms with E-state index in [2.05, 4.69) is 5.32 Å². The van der Waals surface area contributed by atoms with Gasteiger partial charge in [0.1, 0.15) is 5.82 Å². The number of carbonyl (C=O) groups is 1. The summed E-state index contributed by atoms with van der Waals surface area (Å²) in [7, 11) is 0. The smallest absolute Gasteiger partial charge is 0.224 e. The maximum Gasteiger partial charge on any atom is 0.224 e. The van der Waals surface area contributed by atoms with Gasteiger partial charge in [-0.25, -0.2) is 4.39 Å². The van der Waals surface area contributed by atoms with Crippen molar-refractivity contribution in [2.24, 2.45) is 11.1 Å². The van der Waals surface area contributed by atoms with E-state index in [1.165, 1.54) is 6.07 Å². The van der Waals surface area contributed by atoms with Crippen LogP contribution < -0.4 is 16.8 Å². The predicted molar refractivity (Wildman–Crippen MR) is 62.3 cm³/mol. The summed E-state index contributed by atoms with van der Waals surface area (Å²) >= 11 is 0. The number of primary amides is 1. The van der Waals surface area contributed by atoms with Crippen LogP contribution in [0.15, 0.2) is 18.2 Å². The van der Waals surface area contributed by atoms with E-state index in [1.54, 1.807) is 26.0 Å². The van der Waals surface area contributed by atoms with Crippen molar-refractivity contribution in [1.82, 2.24) is 0 Å². The lowest BCUT2D eigenvalue weighted by molar-refractivity contribution is -0.125. The number of rotatable bonds is 4. The molecule has 0 spiro atoms. The van der Waals surface area contributed by atoms with Crippen LogP contribution in [0.5, 0.6) is 0 Å². The second-order valence-electron chi connectivity index (χ2n) is 4.30. The highest BCUT2D eigenvalue weighted by molar-refractivity contribution is 5.81. The number of nitrogens with two attached hydrogens (primary N) is 2. The first-order valence-electron chi connectivity index (χ1n) is 4.92. The van der Waals surface area contributed by atoms with Gasteiger partial charge in [0.2, 0.25) is 5.91 Å². The largest absolute Gasteiger partial charge is 0.395 e. The van der Waals surface area contributed by atoms with E-state index in [0.717, 1.165) is 0 Å². The van der Waals surface area contributed by atoms with Crippen LogP contribution in [0.25, 0.3) is 0 Å². The van der Waals surface area contributed by atoms with E-state index in [1.807, 2.05) is 0 Å². The molecule has 0 unspecified atom stereocenters. The molecule has 1 aromatic rings. The van der Waals surface area contributed by atoms with Gasteiger partial charge in [-0.05, 0) is 26.0 Å². The van der Waals surface area contributed by atoms with Crippen molar-refractivity contribution >= 4 is 17.3 Å². The molecular formula is C11H16FN3O. The molecule has 5 N–H and O–H groups in total. The highest BCUT2D eigenvalue weighted by atomic mass is 19.1. The number of halogens is 1. The van der Waals surface area contributed by atoms with Crippen LogP contribution in [0.4, 0.5) is 15.8 Å². The van der Waals surface area contributed by atoms with Crippen LogP contribution >= 0.6 is 0 Å². The summed E-state index contributed by atoms with van der Waals surface area (Å²) in [4.78, 5) is 11.1. The minimum Gasteiger partial charge on any atom is -0.395 e. The van der Waals surface area contributed by atoms with E-state index in [-0.39, 0.29) is 5.69 Å².